The van der Waals surface area contributed by atoms with Crippen LogP contribution < -0.4 is 10.1 Å². The van der Waals surface area contributed by atoms with E-state index in [0.717, 1.165) is 10.9 Å². The third-order valence-corrected chi connectivity index (χ3v) is 3.58. The lowest BCUT2D eigenvalue weighted by Gasteiger charge is -2.14. The van der Waals surface area contributed by atoms with Crippen LogP contribution in [0.4, 0.5) is 0 Å². The second-order valence-electron chi connectivity index (χ2n) is 4.74. The van der Waals surface area contributed by atoms with Gasteiger partial charge in [0.1, 0.15) is 5.75 Å². The Hall–Kier alpha value is -1.81. The van der Waals surface area contributed by atoms with Crippen molar-refractivity contribution in [1.29, 1.82) is 0 Å². The summed E-state index contributed by atoms with van der Waals surface area (Å²) in [5.74, 6) is 0.581. The van der Waals surface area contributed by atoms with E-state index in [9.17, 15) is 4.79 Å². The zero-order chi connectivity index (χ0) is 15.1. The lowest BCUT2D eigenvalue weighted by Crippen LogP contribution is -2.37. The van der Waals surface area contributed by atoms with E-state index in [1.165, 1.54) is 5.56 Å². The summed E-state index contributed by atoms with van der Waals surface area (Å²) in [4.78, 5) is 12.0. The van der Waals surface area contributed by atoms with Gasteiger partial charge in [0.2, 0.25) is 0 Å². The molecule has 1 atom stereocenters. The molecule has 2 rings (SSSR count). The molecule has 21 heavy (non-hydrogen) atoms. The van der Waals surface area contributed by atoms with Crippen LogP contribution in [0.2, 0.25) is 0 Å². The molecule has 0 unspecified atom stereocenters. The molecular weight excluding hydrogens is 330 g/mol. The third kappa shape index (κ3) is 5.23. The summed E-state index contributed by atoms with van der Waals surface area (Å²) in [7, 11) is 0. The normalized spacial score (nSPS) is 11.7. The van der Waals surface area contributed by atoms with Gasteiger partial charge in [0, 0.05) is 11.0 Å². The zero-order valence-corrected chi connectivity index (χ0v) is 13.5. The van der Waals surface area contributed by atoms with Crippen molar-refractivity contribution in [2.45, 2.75) is 19.4 Å². The molecule has 0 radical (unpaired) electrons. The molecule has 2 aromatic rings. The Labute approximate surface area is 133 Å². The van der Waals surface area contributed by atoms with Crippen molar-refractivity contribution in [3.63, 3.8) is 0 Å². The summed E-state index contributed by atoms with van der Waals surface area (Å²) in [5, 5.41) is 2.89. The monoisotopic (exact) mass is 347 g/mol. The molecule has 0 bridgehead atoms. The summed E-state index contributed by atoms with van der Waals surface area (Å²) >= 11 is 3.36. The van der Waals surface area contributed by atoms with E-state index in [2.05, 4.69) is 21.2 Å². The van der Waals surface area contributed by atoms with Crippen LogP contribution in [-0.4, -0.2) is 18.6 Å². The predicted octanol–water partition coefficient (Wildman–Crippen LogP) is 3.58. The summed E-state index contributed by atoms with van der Waals surface area (Å²) in [6.45, 7) is 2.36. The molecule has 0 heterocycles. The van der Waals surface area contributed by atoms with Crippen molar-refractivity contribution in [3.05, 3.63) is 64.6 Å². The topological polar surface area (TPSA) is 38.3 Å². The van der Waals surface area contributed by atoms with Crippen molar-refractivity contribution >= 4 is 21.8 Å². The van der Waals surface area contributed by atoms with Crippen LogP contribution in [0.3, 0.4) is 0 Å². The Balaban J connectivity index is 1.76. The van der Waals surface area contributed by atoms with E-state index >= 15 is 0 Å². The number of carbonyl (C=O) groups excluding carboxylic acids is 1. The number of nitrogens with one attached hydrogen (secondary N) is 1. The van der Waals surface area contributed by atoms with Gasteiger partial charge in [0.05, 0.1) is 0 Å². The number of amides is 1. The molecule has 0 spiro atoms. The van der Waals surface area contributed by atoms with E-state index in [4.69, 9.17) is 4.74 Å². The van der Waals surface area contributed by atoms with Crippen LogP contribution in [-0.2, 0) is 11.2 Å². The summed E-state index contributed by atoms with van der Waals surface area (Å²) < 4.78 is 6.58. The second-order valence-corrected chi connectivity index (χ2v) is 5.66. The lowest BCUT2D eigenvalue weighted by molar-refractivity contribution is -0.127. The van der Waals surface area contributed by atoms with Gasteiger partial charge in [-0.15, -0.1) is 0 Å². The molecule has 0 aliphatic rings. The van der Waals surface area contributed by atoms with Crippen molar-refractivity contribution < 1.29 is 9.53 Å². The van der Waals surface area contributed by atoms with E-state index in [1.807, 2.05) is 54.6 Å². The highest BCUT2D eigenvalue weighted by Gasteiger charge is 2.13. The highest BCUT2D eigenvalue weighted by molar-refractivity contribution is 9.10. The Bertz CT molecular complexity index is 569. The minimum Gasteiger partial charge on any atom is -0.481 e. The summed E-state index contributed by atoms with van der Waals surface area (Å²) in [6, 6.07) is 17.5. The molecular formula is C17H18BrNO2. The molecule has 2 aromatic carbocycles. The Morgan fingerprint density at radius 3 is 2.48 bits per heavy atom. The fourth-order valence-corrected chi connectivity index (χ4v) is 2.15. The average molecular weight is 348 g/mol. The van der Waals surface area contributed by atoms with Crippen LogP contribution in [0.1, 0.15) is 12.5 Å². The van der Waals surface area contributed by atoms with Gasteiger partial charge in [-0.1, -0.05) is 46.3 Å². The fraction of sp³-hybridized carbons (Fsp3) is 0.235. The van der Waals surface area contributed by atoms with Gasteiger partial charge in [0.15, 0.2) is 6.10 Å². The van der Waals surface area contributed by atoms with Gasteiger partial charge in [-0.3, -0.25) is 4.79 Å². The molecule has 0 aliphatic carbocycles. The van der Waals surface area contributed by atoms with Gasteiger partial charge in [-0.25, -0.2) is 0 Å². The van der Waals surface area contributed by atoms with Crippen LogP contribution in [0, 0.1) is 0 Å². The van der Waals surface area contributed by atoms with Crippen molar-refractivity contribution in [2.24, 2.45) is 0 Å². The van der Waals surface area contributed by atoms with Crippen LogP contribution in [0.5, 0.6) is 5.75 Å². The molecule has 4 heteroatoms. The van der Waals surface area contributed by atoms with E-state index in [0.29, 0.717) is 12.3 Å². The molecule has 1 N–H and O–H groups in total. The summed E-state index contributed by atoms with van der Waals surface area (Å²) in [6.07, 6.45) is 0.305. The maximum absolute atomic E-state index is 12.0. The molecule has 110 valence electrons. The molecule has 0 aromatic heterocycles. The number of carbonyl (C=O) groups is 1. The van der Waals surface area contributed by atoms with Crippen LogP contribution >= 0.6 is 15.9 Å². The van der Waals surface area contributed by atoms with Gasteiger partial charge in [-0.05, 0) is 43.2 Å². The Morgan fingerprint density at radius 1 is 1.14 bits per heavy atom. The quantitative estimate of drug-likeness (QED) is 0.867. The molecule has 0 aliphatic heterocycles. The highest BCUT2D eigenvalue weighted by Crippen LogP contribution is 2.17. The standard InChI is InChI=1S/C17H18BrNO2/c1-13(21-16-9-7-15(18)8-10-16)17(20)19-12-11-14-5-3-2-4-6-14/h2-10,13H,11-12H2,1H3,(H,19,20)/t13-/m0/s1. The van der Waals surface area contributed by atoms with Crippen molar-refractivity contribution in [1.82, 2.24) is 5.32 Å². The number of ether oxygens (including phenoxy) is 1. The van der Waals surface area contributed by atoms with E-state index < -0.39 is 6.10 Å². The average Bonchev–Trinajstić information content (AvgIpc) is 2.50. The smallest absolute Gasteiger partial charge is 0.260 e. The predicted molar refractivity (Wildman–Crippen MR) is 87.4 cm³/mol. The lowest BCUT2D eigenvalue weighted by atomic mass is 10.1. The number of hydrogen-bond acceptors (Lipinski definition) is 2. The molecule has 3 nitrogen and oxygen atoms in total. The van der Waals surface area contributed by atoms with E-state index in [-0.39, 0.29) is 5.91 Å². The van der Waals surface area contributed by atoms with Crippen LogP contribution in [0.25, 0.3) is 0 Å². The summed E-state index contributed by atoms with van der Waals surface area (Å²) in [5.41, 5.74) is 1.21. The first-order valence-corrected chi connectivity index (χ1v) is 7.68. The van der Waals surface area contributed by atoms with Gasteiger partial charge in [0.25, 0.3) is 5.91 Å². The number of halogens is 1. The number of rotatable bonds is 6. The number of benzene rings is 2. The number of hydrogen-bond donors (Lipinski definition) is 1. The fourth-order valence-electron chi connectivity index (χ4n) is 1.89. The Morgan fingerprint density at radius 2 is 1.81 bits per heavy atom. The van der Waals surface area contributed by atoms with Gasteiger partial charge in [-0.2, -0.15) is 0 Å². The molecule has 1 amide bonds. The van der Waals surface area contributed by atoms with Crippen LogP contribution in [0.15, 0.2) is 59.1 Å². The molecule has 0 saturated carbocycles. The minimum absolute atomic E-state index is 0.103. The maximum atomic E-state index is 12.0. The minimum atomic E-state index is -0.512. The maximum Gasteiger partial charge on any atom is 0.260 e. The van der Waals surface area contributed by atoms with E-state index in [1.54, 1.807) is 6.92 Å². The molecule has 0 saturated heterocycles. The largest absolute Gasteiger partial charge is 0.481 e. The van der Waals surface area contributed by atoms with Crippen molar-refractivity contribution in [2.75, 3.05) is 6.54 Å². The second kappa shape index (κ2) is 7.84. The van der Waals surface area contributed by atoms with Crippen molar-refractivity contribution in [3.8, 4) is 5.75 Å². The first-order chi connectivity index (χ1) is 10.1. The zero-order valence-electron chi connectivity index (χ0n) is 11.9. The first kappa shape index (κ1) is 15.6. The third-order valence-electron chi connectivity index (χ3n) is 3.05. The van der Waals surface area contributed by atoms with Gasteiger partial charge >= 0.3 is 0 Å². The highest BCUT2D eigenvalue weighted by atomic mass is 79.9. The van der Waals surface area contributed by atoms with Gasteiger partial charge < -0.3 is 10.1 Å². The SMILES string of the molecule is C[C@H](Oc1ccc(Br)cc1)C(=O)NCCc1ccccc1. The first-order valence-electron chi connectivity index (χ1n) is 6.89. The Kier molecular flexibility index (Phi) is 5.81. The molecule has 0 fully saturated rings.